The van der Waals surface area contributed by atoms with E-state index in [1.807, 2.05) is 84.3 Å². The highest BCUT2D eigenvalue weighted by Gasteiger charge is 2.17. The second kappa shape index (κ2) is 7.25. The zero-order chi connectivity index (χ0) is 18.8. The number of aromatic nitrogens is 2. The van der Waals surface area contributed by atoms with Crippen molar-refractivity contribution in [3.63, 3.8) is 0 Å². The van der Waals surface area contributed by atoms with Gasteiger partial charge in [0.15, 0.2) is 0 Å². The first-order valence-electron chi connectivity index (χ1n) is 8.68. The number of rotatable bonds is 4. The van der Waals surface area contributed by atoms with Crippen molar-refractivity contribution in [2.45, 2.75) is 13.3 Å². The number of fused-ring (bicyclic) bond motifs is 1. The van der Waals surface area contributed by atoms with E-state index in [1.165, 1.54) is 0 Å². The van der Waals surface area contributed by atoms with Gasteiger partial charge in [0.25, 0.3) is 0 Å². The van der Waals surface area contributed by atoms with Crippen LogP contribution < -0.4 is 5.32 Å². The van der Waals surface area contributed by atoms with Crippen molar-refractivity contribution in [1.29, 1.82) is 0 Å². The lowest BCUT2D eigenvalue weighted by Crippen LogP contribution is -2.16. The molecule has 0 aliphatic carbocycles. The van der Waals surface area contributed by atoms with Crippen molar-refractivity contribution in [3.05, 3.63) is 89.1 Å². The van der Waals surface area contributed by atoms with Crippen LogP contribution in [0.1, 0.15) is 11.1 Å². The van der Waals surface area contributed by atoms with Crippen molar-refractivity contribution in [2.24, 2.45) is 0 Å². The van der Waals surface area contributed by atoms with Crippen LogP contribution in [0.5, 0.6) is 0 Å². The maximum atomic E-state index is 12.7. The first-order valence-corrected chi connectivity index (χ1v) is 9.06. The number of aryl methyl sites for hydroxylation is 1. The first-order chi connectivity index (χ1) is 13.1. The van der Waals surface area contributed by atoms with Gasteiger partial charge in [0.2, 0.25) is 5.91 Å². The lowest BCUT2D eigenvalue weighted by Gasteiger charge is -2.08. The Balaban J connectivity index is 1.75. The Bertz CT molecular complexity index is 1120. The molecule has 0 saturated carbocycles. The van der Waals surface area contributed by atoms with Gasteiger partial charge in [-0.15, -0.1) is 0 Å². The van der Waals surface area contributed by atoms with Crippen molar-refractivity contribution < 1.29 is 4.79 Å². The Morgan fingerprint density at radius 3 is 2.67 bits per heavy atom. The molecule has 5 heteroatoms. The maximum absolute atomic E-state index is 12.7. The summed E-state index contributed by atoms with van der Waals surface area (Å²) in [7, 11) is 0. The average Bonchev–Trinajstić information content (AvgIpc) is 3.00. The van der Waals surface area contributed by atoms with Crippen molar-refractivity contribution in [1.82, 2.24) is 9.38 Å². The fourth-order valence-electron chi connectivity index (χ4n) is 3.06. The highest BCUT2D eigenvalue weighted by atomic mass is 35.5. The van der Waals surface area contributed by atoms with E-state index >= 15 is 0 Å². The fourth-order valence-corrected chi connectivity index (χ4v) is 3.25. The molecule has 0 atom stereocenters. The van der Waals surface area contributed by atoms with Gasteiger partial charge in [0, 0.05) is 16.8 Å². The van der Waals surface area contributed by atoms with Gasteiger partial charge in [-0.2, -0.15) is 0 Å². The molecule has 2 aromatic carbocycles. The lowest BCUT2D eigenvalue weighted by atomic mass is 10.1. The van der Waals surface area contributed by atoms with E-state index < -0.39 is 0 Å². The van der Waals surface area contributed by atoms with Gasteiger partial charge in [-0.05, 0) is 42.3 Å². The minimum absolute atomic E-state index is 0.0909. The number of hydrogen-bond acceptors (Lipinski definition) is 2. The number of pyridine rings is 1. The minimum atomic E-state index is -0.0909. The number of hydrogen-bond donors (Lipinski definition) is 1. The lowest BCUT2D eigenvalue weighted by molar-refractivity contribution is -0.115. The molecule has 4 nitrogen and oxygen atoms in total. The highest BCUT2D eigenvalue weighted by molar-refractivity contribution is 6.30. The summed E-state index contributed by atoms with van der Waals surface area (Å²) in [5, 5.41) is 3.66. The third-order valence-electron chi connectivity index (χ3n) is 4.35. The van der Waals surface area contributed by atoms with Crippen LogP contribution in [0.2, 0.25) is 5.02 Å². The average molecular weight is 376 g/mol. The quantitative estimate of drug-likeness (QED) is 0.536. The smallest absolute Gasteiger partial charge is 0.229 e. The number of benzene rings is 2. The van der Waals surface area contributed by atoms with Gasteiger partial charge < -0.3 is 5.32 Å². The normalized spacial score (nSPS) is 10.9. The topological polar surface area (TPSA) is 46.4 Å². The number of anilines is 1. The third-order valence-corrected chi connectivity index (χ3v) is 4.58. The predicted octanol–water partition coefficient (Wildman–Crippen LogP) is 5.14. The largest absolute Gasteiger partial charge is 0.310 e. The summed E-state index contributed by atoms with van der Waals surface area (Å²) in [6.45, 7) is 2.02. The molecule has 27 heavy (non-hydrogen) atoms. The van der Waals surface area contributed by atoms with Crippen LogP contribution in [-0.2, 0) is 11.2 Å². The standard InChI is InChI=1S/C22H18ClN3O/c1-15-10-11-26-19(12-15)24-21(17-8-5-9-18(23)14-17)22(26)25-20(27)13-16-6-3-2-4-7-16/h2-12,14H,13H2,1H3,(H,25,27). The summed E-state index contributed by atoms with van der Waals surface area (Å²) in [4.78, 5) is 17.4. The number of carbonyl (C=O) groups excluding carboxylic acids is 1. The van der Waals surface area contributed by atoms with Crippen LogP contribution in [-0.4, -0.2) is 15.3 Å². The molecule has 0 saturated heterocycles. The van der Waals surface area contributed by atoms with Gasteiger partial charge in [-0.1, -0.05) is 54.1 Å². The number of nitrogens with one attached hydrogen (secondary N) is 1. The zero-order valence-corrected chi connectivity index (χ0v) is 15.6. The highest BCUT2D eigenvalue weighted by Crippen LogP contribution is 2.30. The Morgan fingerprint density at radius 2 is 1.89 bits per heavy atom. The second-order valence-electron chi connectivity index (χ2n) is 6.46. The van der Waals surface area contributed by atoms with E-state index in [0.29, 0.717) is 23.0 Å². The Morgan fingerprint density at radius 1 is 1.07 bits per heavy atom. The second-order valence-corrected chi connectivity index (χ2v) is 6.90. The summed E-state index contributed by atoms with van der Waals surface area (Å²) in [6.07, 6.45) is 2.22. The van der Waals surface area contributed by atoms with Crippen LogP contribution >= 0.6 is 11.6 Å². The SMILES string of the molecule is Cc1ccn2c(NC(=O)Cc3ccccc3)c(-c3cccc(Cl)c3)nc2c1. The van der Waals surface area contributed by atoms with Crippen LogP contribution in [0.25, 0.3) is 16.9 Å². The Kier molecular flexibility index (Phi) is 4.65. The van der Waals surface area contributed by atoms with Gasteiger partial charge in [-0.25, -0.2) is 4.98 Å². The van der Waals surface area contributed by atoms with Crippen LogP contribution in [0.3, 0.4) is 0 Å². The van der Waals surface area contributed by atoms with Crippen LogP contribution in [0.15, 0.2) is 72.9 Å². The molecule has 0 radical (unpaired) electrons. The van der Waals surface area contributed by atoms with Gasteiger partial charge in [-0.3, -0.25) is 9.20 Å². The molecule has 1 N–H and O–H groups in total. The monoisotopic (exact) mass is 375 g/mol. The van der Waals surface area contributed by atoms with Crippen molar-refractivity contribution in [3.8, 4) is 11.3 Å². The molecule has 0 spiro atoms. The van der Waals surface area contributed by atoms with E-state index in [4.69, 9.17) is 16.6 Å². The summed E-state index contributed by atoms with van der Waals surface area (Å²) in [6, 6.07) is 21.1. The molecule has 134 valence electrons. The first kappa shape index (κ1) is 17.3. The predicted molar refractivity (Wildman–Crippen MR) is 109 cm³/mol. The van der Waals surface area contributed by atoms with E-state index in [9.17, 15) is 4.79 Å². The molecular formula is C22H18ClN3O. The Labute approximate surface area is 162 Å². The van der Waals surface area contributed by atoms with E-state index in [2.05, 4.69) is 5.32 Å². The zero-order valence-electron chi connectivity index (χ0n) is 14.8. The summed E-state index contributed by atoms with van der Waals surface area (Å²) in [5.74, 6) is 0.556. The molecule has 2 aromatic heterocycles. The summed E-state index contributed by atoms with van der Waals surface area (Å²) in [5.41, 5.74) is 4.40. The molecule has 2 heterocycles. The van der Waals surface area contributed by atoms with E-state index in [0.717, 1.165) is 22.3 Å². The Hall–Kier alpha value is -3.11. The van der Waals surface area contributed by atoms with Gasteiger partial charge >= 0.3 is 0 Å². The summed E-state index contributed by atoms with van der Waals surface area (Å²) < 4.78 is 1.89. The van der Waals surface area contributed by atoms with E-state index in [-0.39, 0.29) is 5.91 Å². The molecule has 0 aliphatic rings. The molecule has 4 rings (SSSR count). The molecule has 0 bridgehead atoms. The third kappa shape index (κ3) is 3.71. The van der Waals surface area contributed by atoms with Gasteiger partial charge in [0.05, 0.1) is 6.42 Å². The van der Waals surface area contributed by atoms with Gasteiger partial charge in [0.1, 0.15) is 17.2 Å². The number of halogens is 1. The van der Waals surface area contributed by atoms with Crippen molar-refractivity contribution in [2.75, 3.05) is 5.32 Å². The van der Waals surface area contributed by atoms with E-state index in [1.54, 1.807) is 0 Å². The molecule has 1 amide bonds. The summed E-state index contributed by atoms with van der Waals surface area (Å²) >= 11 is 6.16. The van der Waals surface area contributed by atoms with Crippen LogP contribution in [0, 0.1) is 6.92 Å². The minimum Gasteiger partial charge on any atom is -0.310 e. The van der Waals surface area contributed by atoms with Crippen molar-refractivity contribution >= 4 is 29.0 Å². The number of amides is 1. The molecule has 0 aliphatic heterocycles. The number of carbonyl (C=O) groups is 1. The molecule has 4 aromatic rings. The molecule has 0 unspecified atom stereocenters. The number of imidazole rings is 1. The molecular weight excluding hydrogens is 358 g/mol. The van der Waals surface area contributed by atoms with Crippen LogP contribution in [0.4, 0.5) is 5.82 Å². The number of nitrogens with zero attached hydrogens (tertiary/aromatic N) is 2. The maximum Gasteiger partial charge on any atom is 0.229 e. The molecule has 0 fully saturated rings. The fraction of sp³-hybridized carbons (Fsp3) is 0.0909.